The lowest BCUT2D eigenvalue weighted by atomic mass is 9.81. The third-order valence-electron chi connectivity index (χ3n) is 6.95. The molecular formula is C27H29N3O2S. The van der Waals surface area contributed by atoms with Crippen LogP contribution in [0.2, 0.25) is 0 Å². The van der Waals surface area contributed by atoms with Gasteiger partial charge in [0.05, 0.1) is 12.0 Å². The molecule has 0 saturated carbocycles. The molecule has 5 nitrogen and oxygen atoms in total. The van der Waals surface area contributed by atoms with Crippen LogP contribution in [0.1, 0.15) is 45.2 Å². The maximum Gasteiger partial charge on any atom is 0.254 e. The first-order chi connectivity index (χ1) is 16.0. The van der Waals surface area contributed by atoms with Gasteiger partial charge in [0.15, 0.2) is 0 Å². The predicted octanol–water partition coefficient (Wildman–Crippen LogP) is 4.70. The van der Waals surface area contributed by atoms with Crippen molar-refractivity contribution in [2.24, 2.45) is 0 Å². The second-order valence-electron chi connectivity index (χ2n) is 9.11. The highest BCUT2D eigenvalue weighted by molar-refractivity contribution is 7.10. The molecule has 33 heavy (non-hydrogen) atoms. The Morgan fingerprint density at radius 1 is 1.03 bits per heavy atom. The molecule has 6 heteroatoms. The third kappa shape index (κ3) is 3.82. The molecule has 0 bridgehead atoms. The molecule has 1 saturated heterocycles. The summed E-state index contributed by atoms with van der Waals surface area (Å²) in [7, 11) is 1.82. The van der Waals surface area contributed by atoms with E-state index in [1.807, 2.05) is 53.7 Å². The molecule has 3 heterocycles. The van der Waals surface area contributed by atoms with E-state index in [2.05, 4.69) is 43.0 Å². The third-order valence-corrected chi connectivity index (χ3v) is 7.90. The van der Waals surface area contributed by atoms with Crippen molar-refractivity contribution in [2.45, 2.75) is 31.8 Å². The highest BCUT2D eigenvalue weighted by atomic mass is 32.1. The van der Waals surface area contributed by atoms with Gasteiger partial charge in [-0.25, -0.2) is 0 Å². The van der Waals surface area contributed by atoms with Crippen LogP contribution < -0.4 is 4.90 Å². The highest BCUT2D eigenvalue weighted by Crippen LogP contribution is 2.44. The van der Waals surface area contributed by atoms with Crippen LogP contribution in [0.3, 0.4) is 0 Å². The number of anilines is 1. The van der Waals surface area contributed by atoms with Gasteiger partial charge in [0, 0.05) is 48.9 Å². The van der Waals surface area contributed by atoms with Gasteiger partial charge in [0.25, 0.3) is 5.91 Å². The molecule has 0 radical (unpaired) electrons. The first kappa shape index (κ1) is 21.7. The van der Waals surface area contributed by atoms with Crippen LogP contribution in [-0.2, 0) is 4.79 Å². The molecule has 2 aliphatic heterocycles. The number of piperazine rings is 1. The number of amides is 2. The highest BCUT2D eigenvalue weighted by Gasteiger charge is 2.45. The van der Waals surface area contributed by atoms with Crippen molar-refractivity contribution in [3.05, 3.63) is 87.6 Å². The SMILES string of the molecule is Cc1cccc(N2CCN(C(=O)[C@@H]3c4ccccc4C(=O)N(C)[C@@H]3c3cccs3)C[C@H]2C)c1. The summed E-state index contributed by atoms with van der Waals surface area (Å²) < 4.78 is 0. The normalized spacial score (nSPS) is 22.9. The molecule has 0 aliphatic carbocycles. The second-order valence-corrected chi connectivity index (χ2v) is 10.1. The zero-order valence-electron chi connectivity index (χ0n) is 19.3. The Morgan fingerprint density at radius 2 is 1.85 bits per heavy atom. The van der Waals surface area contributed by atoms with Crippen LogP contribution in [0.4, 0.5) is 5.69 Å². The van der Waals surface area contributed by atoms with E-state index >= 15 is 0 Å². The number of hydrogen-bond acceptors (Lipinski definition) is 4. The summed E-state index contributed by atoms with van der Waals surface area (Å²) in [6, 6.07) is 20.1. The number of nitrogens with zero attached hydrogens (tertiary/aromatic N) is 3. The van der Waals surface area contributed by atoms with Gasteiger partial charge >= 0.3 is 0 Å². The molecule has 0 N–H and O–H groups in total. The van der Waals surface area contributed by atoms with Crippen molar-refractivity contribution in [1.29, 1.82) is 0 Å². The number of fused-ring (bicyclic) bond motifs is 1. The van der Waals surface area contributed by atoms with Gasteiger partial charge in [-0.2, -0.15) is 0 Å². The Morgan fingerprint density at radius 3 is 2.58 bits per heavy atom. The summed E-state index contributed by atoms with van der Waals surface area (Å²) in [5, 5.41) is 2.01. The molecular weight excluding hydrogens is 430 g/mol. The number of benzene rings is 2. The molecule has 2 aliphatic rings. The van der Waals surface area contributed by atoms with Gasteiger partial charge in [-0.05, 0) is 54.6 Å². The zero-order chi connectivity index (χ0) is 23.1. The largest absolute Gasteiger partial charge is 0.365 e. The number of carbonyl (C=O) groups excluding carboxylic acids is 2. The quantitative estimate of drug-likeness (QED) is 0.570. The maximum atomic E-state index is 14.1. The minimum atomic E-state index is -0.403. The molecule has 170 valence electrons. The molecule has 0 unspecified atom stereocenters. The standard InChI is InChI=1S/C27H29N3O2S/c1-18-8-6-9-20(16-18)30-14-13-29(17-19(30)2)27(32)24-21-10-4-5-11-22(21)26(31)28(3)25(24)23-12-7-15-33-23/h4-12,15-16,19,24-25H,13-14,17H2,1-3H3/t19-,24-,25-/m1/s1. The van der Waals surface area contributed by atoms with Crippen molar-refractivity contribution >= 4 is 28.8 Å². The first-order valence-corrected chi connectivity index (χ1v) is 12.3. The average Bonchev–Trinajstić information content (AvgIpc) is 3.35. The molecule has 1 aromatic heterocycles. The Labute approximate surface area is 199 Å². The Balaban J connectivity index is 1.46. The van der Waals surface area contributed by atoms with Crippen LogP contribution in [0.25, 0.3) is 0 Å². The molecule has 3 aromatic rings. The fourth-order valence-electron chi connectivity index (χ4n) is 5.30. The number of aryl methyl sites for hydroxylation is 1. The van der Waals surface area contributed by atoms with E-state index in [4.69, 9.17) is 0 Å². The minimum absolute atomic E-state index is 0.0225. The van der Waals surface area contributed by atoms with Crippen LogP contribution in [0.15, 0.2) is 66.0 Å². The number of rotatable bonds is 3. The molecule has 5 rings (SSSR count). The molecule has 1 fully saturated rings. The lowest BCUT2D eigenvalue weighted by Crippen LogP contribution is -2.56. The van der Waals surface area contributed by atoms with E-state index in [9.17, 15) is 9.59 Å². The summed E-state index contributed by atoms with van der Waals surface area (Å²) in [6.45, 7) is 6.42. The van der Waals surface area contributed by atoms with E-state index in [1.165, 1.54) is 11.3 Å². The van der Waals surface area contributed by atoms with Gasteiger partial charge in [0.2, 0.25) is 5.91 Å². The van der Waals surface area contributed by atoms with E-state index in [0.29, 0.717) is 18.7 Å². The topological polar surface area (TPSA) is 43.9 Å². The smallest absolute Gasteiger partial charge is 0.254 e. The van der Waals surface area contributed by atoms with Gasteiger partial charge in [-0.3, -0.25) is 9.59 Å². The van der Waals surface area contributed by atoms with Crippen molar-refractivity contribution in [3.63, 3.8) is 0 Å². The first-order valence-electron chi connectivity index (χ1n) is 11.5. The van der Waals surface area contributed by atoms with E-state index in [0.717, 1.165) is 17.0 Å². The number of carbonyl (C=O) groups is 2. The number of thiophene rings is 1. The maximum absolute atomic E-state index is 14.1. The average molecular weight is 460 g/mol. The Kier molecular flexibility index (Phi) is 5.71. The van der Waals surface area contributed by atoms with E-state index in [-0.39, 0.29) is 23.9 Å². The van der Waals surface area contributed by atoms with Crippen molar-refractivity contribution in [3.8, 4) is 0 Å². The van der Waals surface area contributed by atoms with Gasteiger partial charge < -0.3 is 14.7 Å². The van der Waals surface area contributed by atoms with Crippen LogP contribution in [0.5, 0.6) is 0 Å². The molecule has 2 aromatic carbocycles. The van der Waals surface area contributed by atoms with Crippen LogP contribution in [-0.4, -0.2) is 54.3 Å². The summed E-state index contributed by atoms with van der Waals surface area (Å²) in [4.78, 5) is 34.4. The summed E-state index contributed by atoms with van der Waals surface area (Å²) in [5.41, 5.74) is 3.93. The summed E-state index contributed by atoms with van der Waals surface area (Å²) in [5.74, 6) is -0.318. The monoisotopic (exact) mass is 459 g/mol. The fourth-order valence-corrected chi connectivity index (χ4v) is 6.21. The van der Waals surface area contributed by atoms with Gasteiger partial charge in [0.1, 0.15) is 0 Å². The zero-order valence-corrected chi connectivity index (χ0v) is 20.1. The van der Waals surface area contributed by atoms with E-state index in [1.54, 1.807) is 16.2 Å². The Bertz CT molecular complexity index is 1180. The van der Waals surface area contributed by atoms with Gasteiger partial charge in [-0.15, -0.1) is 11.3 Å². The van der Waals surface area contributed by atoms with Crippen molar-refractivity contribution in [1.82, 2.24) is 9.80 Å². The minimum Gasteiger partial charge on any atom is -0.365 e. The van der Waals surface area contributed by atoms with Gasteiger partial charge in [-0.1, -0.05) is 36.4 Å². The van der Waals surface area contributed by atoms with Crippen LogP contribution in [0, 0.1) is 6.92 Å². The molecule has 2 amide bonds. The van der Waals surface area contributed by atoms with E-state index < -0.39 is 5.92 Å². The summed E-state index contributed by atoms with van der Waals surface area (Å²) >= 11 is 1.60. The predicted molar refractivity (Wildman–Crippen MR) is 133 cm³/mol. The lowest BCUT2D eigenvalue weighted by molar-refractivity contribution is -0.135. The lowest BCUT2D eigenvalue weighted by Gasteiger charge is -2.45. The summed E-state index contributed by atoms with van der Waals surface area (Å²) in [6.07, 6.45) is 0. The molecule has 3 atom stereocenters. The second kappa shape index (κ2) is 8.67. The Hall–Kier alpha value is -3.12. The molecule has 0 spiro atoms. The number of likely N-dealkylation sites (N-methyl/N-ethyl adjacent to an activating group) is 1. The van der Waals surface area contributed by atoms with Crippen LogP contribution >= 0.6 is 11.3 Å². The van der Waals surface area contributed by atoms with Crippen molar-refractivity contribution in [2.75, 3.05) is 31.6 Å². The fraction of sp³-hybridized carbons (Fsp3) is 0.333. The number of hydrogen-bond donors (Lipinski definition) is 0. The van der Waals surface area contributed by atoms with Crippen molar-refractivity contribution < 1.29 is 9.59 Å².